The summed E-state index contributed by atoms with van der Waals surface area (Å²) in [5.41, 5.74) is 1.21. The molecule has 7 heteroatoms. The highest BCUT2D eigenvalue weighted by Crippen LogP contribution is 2.33. The van der Waals surface area contributed by atoms with E-state index in [2.05, 4.69) is 10.1 Å². The van der Waals surface area contributed by atoms with E-state index in [0.717, 1.165) is 11.3 Å². The number of methoxy groups -OCH3 is 1. The van der Waals surface area contributed by atoms with Gasteiger partial charge in [0.2, 0.25) is 0 Å². The van der Waals surface area contributed by atoms with Crippen LogP contribution in [-0.4, -0.2) is 46.3 Å². The fraction of sp³-hybridized carbons (Fsp3) is 0.250. The van der Waals surface area contributed by atoms with Gasteiger partial charge in [0, 0.05) is 30.1 Å². The number of nitrogens with zero attached hydrogens (tertiary/aromatic N) is 3. The van der Waals surface area contributed by atoms with Crippen LogP contribution in [0.4, 0.5) is 0 Å². The van der Waals surface area contributed by atoms with Crippen LogP contribution in [-0.2, 0) is 5.60 Å². The molecule has 2 aromatic heterocycles. The minimum Gasteiger partial charge on any atom is -0.497 e. The first-order chi connectivity index (χ1) is 13.1. The van der Waals surface area contributed by atoms with Gasteiger partial charge in [-0.1, -0.05) is 11.2 Å². The van der Waals surface area contributed by atoms with Crippen LogP contribution in [0.15, 0.2) is 59.6 Å². The maximum absolute atomic E-state index is 13.0. The van der Waals surface area contributed by atoms with Gasteiger partial charge in [-0.2, -0.15) is 0 Å². The van der Waals surface area contributed by atoms with Crippen molar-refractivity contribution in [1.82, 2.24) is 15.0 Å². The number of hydrogen-bond acceptors (Lipinski definition) is 6. The number of aromatic nitrogens is 2. The molecule has 1 aliphatic rings. The molecule has 0 aliphatic carbocycles. The third-order valence-corrected chi connectivity index (χ3v) is 4.90. The summed E-state index contributed by atoms with van der Waals surface area (Å²) in [6.45, 7) is 0.641. The third kappa shape index (κ3) is 3.17. The monoisotopic (exact) mass is 365 g/mol. The van der Waals surface area contributed by atoms with E-state index in [0.29, 0.717) is 29.8 Å². The highest BCUT2D eigenvalue weighted by Gasteiger charge is 2.40. The Bertz CT molecular complexity index is 939. The number of carbonyl (C=O) groups excluding carboxylic acids is 1. The van der Waals surface area contributed by atoms with Gasteiger partial charge >= 0.3 is 0 Å². The summed E-state index contributed by atoms with van der Waals surface area (Å²) >= 11 is 0. The molecule has 0 spiro atoms. The molecule has 138 valence electrons. The zero-order chi connectivity index (χ0) is 18.9. The number of hydrogen-bond donors (Lipinski definition) is 1. The molecule has 0 saturated carbocycles. The minimum absolute atomic E-state index is 0.199. The lowest BCUT2D eigenvalue weighted by Gasteiger charge is -2.23. The smallest absolute Gasteiger partial charge is 0.259 e. The third-order valence-electron chi connectivity index (χ3n) is 4.90. The van der Waals surface area contributed by atoms with E-state index in [1.165, 1.54) is 6.26 Å². The number of likely N-dealkylation sites (tertiary alicyclic amines) is 1. The molecule has 7 nitrogen and oxygen atoms in total. The van der Waals surface area contributed by atoms with Crippen LogP contribution in [0.1, 0.15) is 22.3 Å². The van der Waals surface area contributed by atoms with Gasteiger partial charge in [0.15, 0.2) is 0 Å². The number of β-amino-alcohol motifs (C(OH)–C–C–N with tert-alkyl or cyclic N) is 1. The highest BCUT2D eigenvalue weighted by molar-refractivity contribution is 5.99. The summed E-state index contributed by atoms with van der Waals surface area (Å²) in [4.78, 5) is 18.7. The largest absolute Gasteiger partial charge is 0.497 e. The summed E-state index contributed by atoms with van der Waals surface area (Å²) in [7, 11) is 1.59. The second-order valence-electron chi connectivity index (χ2n) is 6.56. The maximum Gasteiger partial charge on any atom is 0.259 e. The zero-order valence-corrected chi connectivity index (χ0v) is 14.8. The van der Waals surface area contributed by atoms with Crippen LogP contribution < -0.4 is 4.74 Å². The van der Waals surface area contributed by atoms with Gasteiger partial charge in [0.1, 0.15) is 28.9 Å². The van der Waals surface area contributed by atoms with Crippen LogP contribution in [0.5, 0.6) is 5.75 Å². The molecule has 1 unspecified atom stereocenters. The molecule has 1 saturated heterocycles. The van der Waals surface area contributed by atoms with Gasteiger partial charge in [-0.15, -0.1) is 0 Å². The van der Waals surface area contributed by atoms with E-state index in [1.807, 2.05) is 18.2 Å². The molecule has 3 aromatic rings. The van der Waals surface area contributed by atoms with Crippen molar-refractivity contribution in [3.8, 4) is 17.0 Å². The topological polar surface area (TPSA) is 88.7 Å². The zero-order valence-electron chi connectivity index (χ0n) is 14.8. The molecule has 1 atom stereocenters. The number of pyridine rings is 1. The Balaban J connectivity index is 1.57. The standard InChI is InChI=1S/C20H19N3O4/c1-26-16-6-4-14(5-7-16)18-17(12-27-22-18)19(24)23-10-8-20(25,13-23)15-3-2-9-21-11-15/h2-7,9,11-12,25H,8,10,13H2,1H3. The molecule has 4 rings (SSSR count). The molecule has 1 fully saturated rings. The van der Waals surface area contributed by atoms with Crippen LogP contribution in [0.3, 0.4) is 0 Å². The van der Waals surface area contributed by atoms with E-state index in [-0.39, 0.29) is 12.5 Å². The molecule has 1 amide bonds. The second kappa shape index (κ2) is 6.85. The van der Waals surface area contributed by atoms with Crippen molar-refractivity contribution < 1.29 is 19.2 Å². The summed E-state index contributed by atoms with van der Waals surface area (Å²) in [6.07, 6.45) is 5.09. The van der Waals surface area contributed by atoms with Crippen LogP contribution in [0, 0.1) is 0 Å². The first kappa shape index (κ1) is 17.2. The molecule has 0 radical (unpaired) electrons. The lowest BCUT2D eigenvalue weighted by molar-refractivity contribution is 0.0414. The molecular formula is C20H19N3O4. The van der Waals surface area contributed by atoms with Crippen molar-refractivity contribution in [3.63, 3.8) is 0 Å². The summed E-state index contributed by atoms with van der Waals surface area (Å²) in [5.74, 6) is 0.498. The number of benzene rings is 1. The minimum atomic E-state index is -1.10. The highest BCUT2D eigenvalue weighted by atomic mass is 16.5. The molecule has 1 aliphatic heterocycles. The first-order valence-corrected chi connectivity index (χ1v) is 8.62. The molecule has 1 N–H and O–H groups in total. The number of rotatable bonds is 4. The number of amides is 1. The van der Waals surface area contributed by atoms with Gasteiger partial charge in [0.25, 0.3) is 5.91 Å². The average Bonchev–Trinajstić information content (AvgIpc) is 3.36. The Morgan fingerprint density at radius 2 is 2.11 bits per heavy atom. The fourth-order valence-corrected chi connectivity index (χ4v) is 3.36. The van der Waals surface area contributed by atoms with Crippen molar-refractivity contribution in [1.29, 1.82) is 0 Å². The van der Waals surface area contributed by atoms with Crippen molar-refractivity contribution in [3.05, 3.63) is 66.2 Å². The van der Waals surface area contributed by atoms with Crippen LogP contribution in [0.25, 0.3) is 11.3 Å². The SMILES string of the molecule is COc1ccc(-c2nocc2C(=O)N2CCC(O)(c3cccnc3)C2)cc1. The first-order valence-electron chi connectivity index (χ1n) is 8.62. The predicted molar refractivity (Wildman–Crippen MR) is 97.1 cm³/mol. The van der Waals surface area contributed by atoms with E-state index in [4.69, 9.17) is 9.26 Å². The fourth-order valence-electron chi connectivity index (χ4n) is 3.36. The number of aliphatic hydroxyl groups is 1. The van der Waals surface area contributed by atoms with Gasteiger partial charge < -0.3 is 19.3 Å². The molecule has 0 bridgehead atoms. The van der Waals surface area contributed by atoms with E-state index < -0.39 is 5.60 Å². The van der Waals surface area contributed by atoms with Crippen LogP contribution in [0.2, 0.25) is 0 Å². The molecule has 27 heavy (non-hydrogen) atoms. The Morgan fingerprint density at radius 3 is 2.81 bits per heavy atom. The summed E-state index contributed by atoms with van der Waals surface area (Å²) in [5, 5.41) is 14.9. The normalized spacial score (nSPS) is 19.3. The average molecular weight is 365 g/mol. The lowest BCUT2D eigenvalue weighted by Crippen LogP contribution is -2.34. The quantitative estimate of drug-likeness (QED) is 0.764. The van der Waals surface area contributed by atoms with E-state index in [1.54, 1.807) is 42.6 Å². The summed E-state index contributed by atoms with van der Waals surface area (Å²) < 4.78 is 10.2. The second-order valence-corrected chi connectivity index (χ2v) is 6.56. The Labute approximate surface area is 156 Å². The lowest BCUT2D eigenvalue weighted by atomic mass is 9.95. The number of carbonyl (C=O) groups is 1. The van der Waals surface area contributed by atoms with Crippen molar-refractivity contribution in [2.75, 3.05) is 20.2 Å². The maximum atomic E-state index is 13.0. The van der Waals surface area contributed by atoms with E-state index in [9.17, 15) is 9.90 Å². The van der Waals surface area contributed by atoms with Crippen molar-refractivity contribution in [2.24, 2.45) is 0 Å². The number of ether oxygens (including phenoxy) is 1. The predicted octanol–water partition coefficient (Wildman–Crippen LogP) is 2.48. The van der Waals surface area contributed by atoms with Gasteiger partial charge in [0.05, 0.1) is 13.7 Å². The summed E-state index contributed by atoms with van der Waals surface area (Å²) in [6, 6.07) is 10.8. The van der Waals surface area contributed by atoms with Crippen molar-refractivity contribution >= 4 is 5.91 Å². The van der Waals surface area contributed by atoms with Gasteiger partial charge in [-0.05, 0) is 36.8 Å². The van der Waals surface area contributed by atoms with Crippen LogP contribution >= 0.6 is 0 Å². The molecular weight excluding hydrogens is 346 g/mol. The molecule has 3 heterocycles. The Morgan fingerprint density at radius 1 is 1.30 bits per heavy atom. The van der Waals surface area contributed by atoms with Gasteiger partial charge in [-0.3, -0.25) is 9.78 Å². The van der Waals surface area contributed by atoms with Crippen molar-refractivity contribution in [2.45, 2.75) is 12.0 Å². The van der Waals surface area contributed by atoms with E-state index >= 15 is 0 Å². The molecule has 1 aromatic carbocycles. The van der Waals surface area contributed by atoms with Gasteiger partial charge in [-0.25, -0.2) is 0 Å². The Hall–Kier alpha value is -3.19. The Kier molecular flexibility index (Phi) is 4.37.